The van der Waals surface area contributed by atoms with Gasteiger partial charge in [0.05, 0.1) is 13.0 Å². The molecule has 1 unspecified atom stereocenters. The molecule has 0 aromatic carbocycles. The molecule has 0 saturated carbocycles. The van der Waals surface area contributed by atoms with Crippen LogP contribution in [0.4, 0.5) is 13.2 Å². The standard InChI is InChI=1S/C9H11F3O5S/c1-16-8(13)6-3-2-4-7(5-6)17-18(14,15)9(10,11)12/h4,6H,2-3,5H2,1H3. The van der Waals surface area contributed by atoms with Crippen LogP contribution < -0.4 is 0 Å². The smallest absolute Gasteiger partial charge is 0.469 e. The van der Waals surface area contributed by atoms with Crippen molar-refractivity contribution in [3.8, 4) is 0 Å². The van der Waals surface area contributed by atoms with Crippen LogP contribution in [0.1, 0.15) is 19.3 Å². The third kappa shape index (κ3) is 3.37. The highest BCUT2D eigenvalue weighted by Crippen LogP contribution is 2.31. The van der Waals surface area contributed by atoms with E-state index in [4.69, 9.17) is 0 Å². The second-order valence-electron chi connectivity index (χ2n) is 3.66. The summed E-state index contributed by atoms with van der Waals surface area (Å²) in [7, 11) is -4.53. The monoisotopic (exact) mass is 288 g/mol. The number of carbonyl (C=O) groups excluding carboxylic acids is 1. The molecule has 0 amide bonds. The summed E-state index contributed by atoms with van der Waals surface area (Å²) >= 11 is 0. The molecule has 0 aliphatic heterocycles. The van der Waals surface area contributed by atoms with Crippen molar-refractivity contribution in [3.05, 3.63) is 11.8 Å². The maximum atomic E-state index is 12.1. The van der Waals surface area contributed by atoms with Crippen LogP contribution in [0.2, 0.25) is 0 Å². The van der Waals surface area contributed by atoms with Gasteiger partial charge in [-0.1, -0.05) is 0 Å². The minimum absolute atomic E-state index is 0.220. The minimum atomic E-state index is -5.67. The summed E-state index contributed by atoms with van der Waals surface area (Å²) in [5, 5.41) is 0. The van der Waals surface area contributed by atoms with Gasteiger partial charge in [0.25, 0.3) is 0 Å². The van der Waals surface area contributed by atoms with Gasteiger partial charge < -0.3 is 8.92 Å². The maximum Gasteiger partial charge on any atom is 0.534 e. The number of hydrogen-bond donors (Lipinski definition) is 0. The lowest BCUT2D eigenvalue weighted by Crippen LogP contribution is -2.27. The van der Waals surface area contributed by atoms with Gasteiger partial charge in [0.15, 0.2) is 0 Å². The van der Waals surface area contributed by atoms with Crippen molar-refractivity contribution >= 4 is 16.1 Å². The summed E-state index contributed by atoms with van der Waals surface area (Å²) < 4.78 is 66.2. The van der Waals surface area contributed by atoms with Gasteiger partial charge in [-0.25, -0.2) is 0 Å². The molecule has 0 aromatic rings. The highest BCUT2D eigenvalue weighted by atomic mass is 32.2. The number of alkyl halides is 3. The summed E-state index contributed by atoms with van der Waals surface area (Å²) in [6.45, 7) is 0. The molecule has 0 aromatic heterocycles. The van der Waals surface area contributed by atoms with E-state index in [2.05, 4.69) is 8.92 Å². The Hall–Kier alpha value is -1.25. The Labute approximate surface area is 102 Å². The summed E-state index contributed by atoms with van der Waals surface area (Å²) in [4.78, 5) is 11.2. The van der Waals surface area contributed by atoms with Crippen molar-refractivity contribution in [1.82, 2.24) is 0 Å². The largest absolute Gasteiger partial charge is 0.534 e. The number of methoxy groups -OCH3 is 1. The van der Waals surface area contributed by atoms with Gasteiger partial charge in [-0.05, 0) is 18.9 Å². The molecule has 1 aliphatic rings. The van der Waals surface area contributed by atoms with Crippen molar-refractivity contribution in [2.75, 3.05) is 7.11 Å². The number of hydrogen-bond acceptors (Lipinski definition) is 5. The fourth-order valence-electron chi connectivity index (χ4n) is 1.50. The molecule has 0 bridgehead atoms. The number of allylic oxidation sites excluding steroid dienone is 2. The molecule has 9 heteroatoms. The zero-order valence-corrected chi connectivity index (χ0v) is 10.2. The van der Waals surface area contributed by atoms with Gasteiger partial charge in [0.1, 0.15) is 5.76 Å². The van der Waals surface area contributed by atoms with E-state index in [0.29, 0.717) is 6.42 Å². The number of esters is 1. The van der Waals surface area contributed by atoms with E-state index in [1.165, 1.54) is 6.08 Å². The summed E-state index contributed by atoms with van der Waals surface area (Å²) in [6, 6.07) is 0. The van der Waals surface area contributed by atoms with Crippen LogP contribution in [0.15, 0.2) is 11.8 Å². The Kier molecular flexibility index (Phi) is 4.25. The normalized spacial score (nSPS) is 21.1. The van der Waals surface area contributed by atoms with E-state index in [-0.39, 0.29) is 18.6 Å². The number of rotatable bonds is 3. The summed E-state index contributed by atoms with van der Waals surface area (Å²) in [5.74, 6) is -1.67. The first-order valence-electron chi connectivity index (χ1n) is 4.95. The van der Waals surface area contributed by atoms with E-state index >= 15 is 0 Å². The van der Waals surface area contributed by atoms with Gasteiger partial charge >= 0.3 is 21.6 Å². The molecule has 0 saturated heterocycles. The first-order valence-corrected chi connectivity index (χ1v) is 6.36. The summed E-state index contributed by atoms with van der Waals surface area (Å²) in [5.41, 5.74) is -5.48. The zero-order valence-electron chi connectivity index (χ0n) is 9.36. The molecule has 1 aliphatic carbocycles. The SMILES string of the molecule is COC(=O)C1CCC=C(OS(=O)(=O)C(F)(F)F)C1. The maximum absolute atomic E-state index is 12.1. The van der Waals surface area contributed by atoms with Crippen molar-refractivity contribution in [2.45, 2.75) is 24.8 Å². The Bertz CT molecular complexity index is 451. The molecule has 1 atom stereocenters. The van der Waals surface area contributed by atoms with Gasteiger partial charge in [-0.15, -0.1) is 0 Å². The Morgan fingerprint density at radius 3 is 2.56 bits per heavy atom. The van der Waals surface area contributed by atoms with Crippen LogP contribution >= 0.6 is 0 Å². The predicted molar refractivity (Wildman–Crippen MR) is 53.5 cm³/mol. The molecular formula is C9H11F3O5S. The van der Waals surface area contributed by atoms with E-state index < -0.39 is 27.5 Å². The van der Waals surface area contributed by atoms with E-state index in [1.807, 2.05) is 0 Å². The van der Waals surface area contributed by atoms with Crippen LogP contribution in [-0.2, 0) is 23.8 Å². The lowest BCUT2D eigenvalue weighted by molar-refractivity contribution is -0.146. The number of ether oxygens (including phenoxy) is 1. The average molecular weight is 288 g/mol. The topological polar surface area (TPSA) is 69.7 Å². The molecule has 18 heavy (non-hydrogen) atoms. The molecule has 0 fully saturated rings. The summed E-state index contributed by atoms with van der Waals surface area (Å²) in [6.07, 6.45) is 1.64. The second-order valence-corrected chi connectivity index (χ2v) is 5.19. The third-order valence-electron chi connectivity index (χ3n) is 2.37. The fraction of sp³-hybridized carbons (Fsp3) is 0.667. The molecule has 104 valence electrons. The Morgan fingerprint density at radius 2 is 2.06 bits per heavy atom. The van der Waals surface area contributed by atoms with Gasteiger partial charge in [0, 0.05) is 6.42 Å². The molecule has 0 heterocycles. The molecule has 1 rings (SSSR count). The Balaban J connectivity index is 2.76. The third-order valence-corrected chi connectivity index (χ3v) is 3.37. The lowest BCUT2D eigenvalue weighted by Gasteiger charge is -2.20. The zero-order chi connectivity index (χ0) is 14.0. The average Bonchev–Trinajstić information content (AvgIpc) is 2.26. The first-order chi connectivity index (χ1) is 8.17. The van der Waals surface area contributed by atoms with Crippen molar-refractivity contribution < 1.29 is 35.3 Å². The molecule has 0 radical (unpaired) electrons. The molecule has 0 spiro atoms. The highest BCUT2D eigenvalue weighted by Gasteiger charge is 2.49. The van der Waals surface area contributed by atoms with Gasteiger partial charge in [0.2, 0.25) is 0 Å². The van der Waals surface area contributed by atoms with Crippen molar-refractivity contribution in [3.63, 3.8) is 0 Å². The van der Waals surface area contributed by atoms with Gasteiger partial charge in [-0.2, -0.15) is 21.6 Å². The van der Waals surface area contributed by atoms with E-state index in [1.54, 1.807) is 0 Å². The van der Waals surface area contributed by atoms with E-state index in [9.17, 15) is 26.4 Å². The van der Waals surface area contributed by atoms with Crippen LogP contribution in [0, 0.1) is 5.92 Å². The minimum Gasteiger partial charge on any atom is -0.469 e. The van der Waals surface area contributed by atoms with Crippen LogP contribution in [0.5, 0.6) is 0 Å². The van der Waals surface area contributed by atoms with Crippen LogP contribution in [0.25, 0.3) is 0 Å². The second kappa shape index (κ2) is 5.17. The molecule has 0 N–H and O–H groups in total. The van der Waals surface area contributed by atoms with Crippen molar-refractivity contribution in [1.29, 1.82) is 0 Å². The lowest BCUT2D eigenvalue weighted by atomic mass is 9.93. The van der Waals surface area contributed by atoms with Crippen LogP contribution in [0.3, 0.4) is 0 Å². The number of carbonyl (C=O) groups is 1. The Morgan fingerprint density at radius 1 is 1.44 bits per heavy atom. The quantitative estimate of drug-likeness (QED) is 0.449. The fourth-order valence-corrected chi connectivity index (χ4v) is 2.01. The molecule has 5 nitrogen and oxygen atoms in total. The highest BCUT2D eigenvalue weighted by molar-refractivity contribution is 7.87. The van der Waals surface area contributed by atoms with Crippen LogP contribution in [-0.4, -0.2) is 27.0 Å². The first kappa shape index (κ1) is 14.8. The molecular weight excluding hydrogens is 277 g/mol. The van der Waals surface area contributed by atoms with Gasteiger partial charge in [-0.3, -0.25) is 4.79 Å². The van der Waals surface area contributed by atoms with E-state index in [0.717, 1.165) is 7.11 Å². The van der Waals surface area contributed by atoms with Crippen molar-refractivity contribution in [2.24, 2.45) is 5.92 Å². The number of halogens is 3. The predicted octanol–water partition coefficient (Wildman–Crippen LogP) is 1.71.